The second kappa shape index (κ2) is 7.41. The van der Waals surface area contributed by atoms with Crippen molar-refractivity contribution in [3.05, 3.63) is 11.6 Å². The number of rotatable bonds is 6. The Morgan fingerprint density at radius 1 is 1.45 bits per heavy atom. The van der Waals surface area contributed by atoms with Crippen molar-refractivity contribution in [3.63, 3.8) is 0 Å². The maximum atomic E-state index is 12.2. The van der Waals surface area contributed by atoms with Crippen LogP contribution in [0.2, 0.25) is 0 Å². The monoisotopic (exact) mass is 279 g/mol. The summed E-state index contributed by atoms with van der Waals surface area (Å²) in [6, 6.07) is 2.36. The summed E-state index contributed by atoms with van der Waals surface area (Å²) in [6.07, 6.45) is 4.68. The Balaban J connectivity index is 2.73. The molecule has 112 valence electrons. The molecule has 1 amide bonds. The molecule has 0 spiro atoms. The lowest BCUT2D eigenvalue weighted by molar-refractivity contribution is -0.118. The minimum Gasteiger partial charge on any atom is -0.372 e. The van der Waals surface area contributed by atoms with Crippen LogP contribution in [0, 0.1) is 11.3 Å². The number of nitrogens with zero attached hydrogens (tertiary/aromatic N) is 1. The molecule has 0 aromatic rings. The van der Waals surface area contributed by atoms with Crippen molar-refractivity contribution in [1.29, 1.82) is 5.26 Å². The van der Waals surface area contributed by atoms with Crippen molar-refractivity contribution in [2.75, 3.05) is 13.7 Å². The average Bonchev–Trinajstić information content (AvgIpc) is 2.83. The van der Waals surface area contributed by atoms with E-state index in [1.807, 2.05) is 33.9 Å². The van der Waals surface area contributed by atoms with Gasteiger partial charge >= 0.3 is 0 Å². The van der Waals surface area contributed by atoms with Gasteiger partial charge in [-0.2, -0.15) is 5.26 Å². The quantitative estimate of drug-likeness (QED) is 0.571. The molecule has 1 rings (SSSR count). The molecule has 5 nitrogen and oxygen atoms in total. The first-order valence-electron chi connectivity index (χ1n) is 7.18. The van der Waals surface area contributed by atoms with Crippen LogP contribution in [0.1, 0.15) is 40.0 Å². The summed E-state index contributed by atoms with van der Waals surface area (Å²) < 4.78 is 5.50. The van der Waals surface area contributed by atoms with Gasteiger partial charge in [-0.25, -0.2) is 0 Å². The minimum atomic E-state index is -0.616. The van der Waals surface area contributed by atoms with Gasteiger partial charge in [-0.3, -0.25) is 4.79 Å². The molecule has 1 saturated carbocycles. The summed E-state index contributed by atoms with van der Waals surface area (Å²) in [5.41, 5.74) is -0.500. The van der Waals surface area contributed by atoms with Gasteiger partial charge in [-0.1, -0.05) is 0 Å². The Morgan fingerprint density at radius 2 is 2.10 bits per heavy atom. The average molecular weight is 279 g/mol. The number of nitriles is 1. The summed E-state index contributed by atoms with van der Waals surface area (Å²) >= 11 is 0. The van der Waals surface area contributed by atoms with Crippen molar-refractivity contribution >= 4 is 5.91 Å². The zero-order chi connectivity index (χ0) is 15.2. The van der Waals surface area contributed by atoms with Gasteiger partial charge in [0.25, 0.3) is 5.91 Å². The second-order valence-electron chi connectivity index (χ2n) is 5.61. The Hall–Kier alpha value is -1.38. The zero-order valence-corrected chi connectivity index (χ0v) is 12.8. The maximum Gasteiger partial charge on any atom is 0.261 e. The molecule has 1 fully saturated rings. The number of hydrogen-bond acceptors (Lipinski definition) is 4. The topological polar surface area (TPSA) is 74.1 Å². The van der Waals surface area contributed by atoms with E-state index in [1.54, 1.807) is 6.08 Å². The lowest BCUT2D eigenvalue weighted by Crippen LogP contribution is -2.46. The molecule has 0 aromatic heterocycles. The number of nitrogens with one attached hydrogen (secondary N) is 2. The molecule has 0 saturated heterocycles. The molecule has 2 atom stereocenters. The number of carbonyl (C=O) groups is 1. The molecule has 20 heavy (non-hydrogen) atoms. The third-order valence-electron chi connectivity index (χ3n) is 3.58. The first-order chi connectivity index (χ1) is 9.43. The van der Waals surface area contributed by atoms with Crippen LogP contribution in [0.3, 0.4) is 0 Å². The number of likely N-dealkylation sites (N-methyl/N-ethyl adjacent to an activating group) is 1. The molecule has 2 N–H and O–H groups in total. The molecule has 2 unspecified atom stereocenters. The van der Waals surface area contributed by atoms with Crippen molar-refractivity contribution < 1.29 is 9.53 Å². The molecule has 0 bridgehead atoms. The largest absolute Gasteiger partial charge is 0.372 e. The van der Waals surface area contributed by atoms with Crippen LogP contribution < -0.4 is 10.6 Å². The highest BCUT2D eigenvalue weighted by Gasteiger charge is 2.28. The lowest BCUT2D eigenvalue weighted by Gasteiger charge is -2.22. The van der Waals surface area contributed by atoms with Crippen molar-refractivity contribution in [3.8, 4) is 6.07 Å². The minimum absolute atomic E-state index is 0.0967. The summed E-state index contributed by atoms with van der Waals surface area (Å²) in [5.74, 6) is -0.313. The first-order valence-corrected chi connectivity index (χ1v) is 7.18. The molecule has 0 aliphatic heterocycles. The van der Waals surface area contributed by atoms with Crippen LogP contribution in [0.5, 0.6) is 0 Å². The highest BCUT2D eigenvalue weighted by molar-refractivity contribution is 5.97. The standard InChI is InChI=1S/C15H25N3O2/c1-5-20-15(2,3)9-11(10-16)14(19)18-13-8-6-7-12(13)17-4/h9,12-13,17H,5-8H2,1-4H3,(H,18,19)/b11-9+. The molecule has 1 aliphatic carbocycles. The number of carbonyl (C=O) groups excluding carboxylic acids is 1. The maximum absolute atomic E-state index is 12.2. The van der Waals surface area contributed by atoms with Crippen molar-refractivity contribution in [2.24, 2.45) is 0 Å². The zero-order valence-electron chi connectivity index (χ0n) is 12.8. The van der Waals surface area contributed by atoms with Gasteiger partial charge < -0.3 is 15.4 Å². The predicted octanol–water partition coefficient (Wildman–Crippen LogP) is 1.51. The number of amides is 1. The summed E-state index contributed by atoms with van der Waals surface area (Å²) in [6.45, 7) is 6.10. The van der Waals surface area contributed by atoms with Crippen molar-refractivity contribution in [2.45, 2.75) is 57.7 Å². The van der Waals surface area contributed by atoms with Crippen LogP contribution in [0.4, 0.5) is 0 Å². The molecular weight excluding hydrogens is 254 g/mol. The second-order valence-corrected chi connectivity index (χ2v) is 5.61. The van der Waals surface area contributed by atoms with E-state index >= 15 is 0 Å². The number of hydrogen-bond donors (Lipinski definition) is 2. The van der Waals surface area contributed by atoms with E-state index in [9.17, 15) is 10.1 Å². The highest BCUT2D eigenvalue weighted by atomic mass is 16.5. The van der Waals surface area contributed by atoms with Gasteiger partial charge in [-0.15, -0.1) is 0 Å². The molecule has 0 aromatic carbocycles. The molecule has 0 heterocycles. The molecule has 5 heteroatoms. The van der Waals surface area contributed by atoms with Gasteiger partial charge in [0.15, 0.2) is 0 Å². The van der Waals surface area contributed by atoms with Gasteiger partial charge in [0.05, 0.1) is 5.60 Å². The van der Waals surface area contributed by atoms with Crippen LogP contribution in [0.25, 0.3) is 0 Å². The van der Waals surface area contributed by atoms with Crippen molar-refractivity contribution in [1.82, 2.24) is 10.6 Å². The third-order valence-corrected chi connectivity index (χ3v) is 3.58. The first kappa shape index (κ1) is 16.7. The molecule has 0 radical (unpaired) electrons. The van der Waals surface area contributed by atoms with E-state index in [0.717, 1.165) is 19.3 Å². The van der Waals surface area contributed by atoms with Gasteiger partial charge in [0.2, 0.25) is 0 Å². The van der Waals surface area contributed by atoms with Crippen LogP contribution in [-0.2, 0) is 9.53 Å². The highest BCUT2D eigenvalue weighted by Crippen LogP contribution is 2.20. The number of ether oxygens (including phenoxy) is 1. The fraction of sp³-hybridized carbons (Fsp3) is 0.733. The third kappa shape index (κ3) is 4.62. The van der Waals surface area contributed by atoms with Gasteiger partial charge in [0.1, 0.15) is 11.6 Å². The normalized spacial score (nSPS) is 23.4. The van der Waals surface area contributed by atoms with E-state index in [2.05, 4.69) is 10.6 Å². The Labute approximate surface area is 121 Å². The summed E-state index contributed by atoms with van der Waals surface area (Å²) in [7, 11) is 1.90. The smallest absolute Gasteiger partial charge is 0.261 e. The van der Waals surface area contributed by atoms with E-state index in [1.165, 1.54) is 0 Å². The van der Waals surface area contributed by atoms with E-state index in [0.29, 0.717) is 12.6 Å². The lowest BCUT2D eigenvalue weighted by atomic mass is 10.0. The van der Waals surface area contributed by atoms with E-state index in [4.69, 9.17) is 4.74 Å². The van der Waals surface area contributed by atoms with Gasteiger partial charge in [-0.05, 0) is 53.2 Å². The predicted molar refractivity (Wildman–Crippen MR) is 78.0 cm³/mol. The molecular formula is C15H25N3O2. The van der Waals surface area contributed by atoms with E-state index in [-0.39, 0.29) is 17.5 Å². The van der Waals surface area contributed by atoms with Crippen LogP contribution in [-0.4, -0.2) is 37.2 Å². The Morgan fingerprint density at radius 3 is 2.65 bits per heavy atom. The Kier molecular flexibility index (Phi) is 6.18. The SMILES string of the molecule is CCOC(C)(C)/C=C(\C#N)C(=O)NC1CCCC1NC. The fourth-order valence-electron chi connectivity index (χ4n) is 2.63. The summed E-state index contributed by atoms with van der Waals surface area (Å²) in [5, 5.41) is 15.3. The molecule has 1 aliphatic rings. The van der Waals surface area contributed by atoms with Crippen LogP contribution >= 0.6 is 0 Å². The summed E-state index contributed by atoms with van der Waals surface area (Å²) in [4.78, 5) is 12.2. The van der Waals surface area contributed by atoms with E-state index < -0.39 is 5.60 Å². The van der Waals surface area contributed by atoms with Crippen LogP contribution in [0.15, 0.2) is 11.6 Å². The Bertz CT molecular complexity index is 410. The fourth-order valence-corrected chi connectivity index (χ4v) is 2.63. The van der Waals surface area contributed by atoms with Gasteiger partial charge in [0, 0.05) is 18.7 Å².